The lowest BCUT2D eigenvalue weighted by atomic mass is 9.84. The van der Waals surface area contributed by atoms with E-state index in [1.807, 2.05) is 6.07 Å². The van der Waals surface area contributed by atoms with Gasteiger partial charge in [0.15, 0.2) is 5.69 Å². The molecule has 1 aromatic rings. The minimum absolute atomic E-state index is 0.108. The van der Waals surface area contributed by atoms with E-state index in [0.29, 0.717) is 11.6 Å². The molecule has 1 aromatic heterocycles. The van der Waals surface area contributed by atoms with Crippen molar-refractivity contribution in [1.82, 2.24) is 20.4 Å². The number of nitrogens with zero attached hydrogens (tertiary/aromatic N) is 3. The number of rotatable bonds is 5. The third kappa shape index (κ3) is 3.32. The van der Waals surface area contributed by atoms with E-state index in [1.54, 1.807) is 6.07 Å². The highest BCUT2D eigenvalue weighted by molar-refractivity contribution is 5.92. The van der Waals surface area contributed by atoms with Gasteiger partial charge in [-0.05, 0) is 50.4 Å². The molecule has 114 valence electrons. The van der Waals surface area contributed by atoms with E-state index in [4.69, 9.17) is 0 Å². The number of aromatic nitrogens is 2. The van der Waals surface area contributed by atoms with Gasteiger partial charge in [-0.1, -0.05) is 6.92 Å². The molecule has 3 aliphatic rings. The molecule has 3 saturated heterocycles. The van der Waals surface area contributed by atoms with Crippen LogP contribution in [0.25, 0.3) is 0 Å². The molecule has 4 heterocycles. The molecule has 2 bridgehead atoms. The lowest BCUT2D eigenvalue weighted by Gasteiger charge is -2.44. The quantitative estimate of drug-likeness (QED) is 0.850. The Labute approximate surface area is 125 Å². The maximum Gasteiger partial charge on any atom is 0.272 e. The average molecular weight is 289 g/mol. The van der Waals surface area contributed by atoms with Crippen LogP contribution in [-0.2, 0) is 0 Å². The molecule has 21 heavy (non-hydrogen) atoms. The predicted octanol–water partition coefficient (Wildman–Crippen LogP) is 1.12. The number of nitrogens with one attached hydrogen (secondary N) is 2. The molecule has 1 unspecified atom stereocenters. The van der Waals surface area contributed by atoms with E-state index < -0.39 is 0 Å². The van der Waals surface area contributed by atoms with Crippen molar-refractivity contribution in [2.24, 2.45) is 5.92 Å². The maximum atomic E-state index is 12.3. The van der Waals surface area contributed by atoms with E-state index in [2.05, 4.69) is 32.7 Å². The van der Waals surface area contributed by atoms with Gasteiger partial charge in [0.2, 0.25) is 0 Å². The highest BCUT2D eigenvalue weighted by Gasteiger charge is 2.35. The van der Waals surface area contributed by atoms with Crippen molar-refractivity contribution in [2.75, 3.05) is 31.5 Å². The van der Waals surface area contributed by atoms with Crippen molar-refractivity contribution in [2.45, 2.75) is 32.2 Å². The largest absolute Gasteiger partial charge is 0.369 e. The van der Waals surface area contributed by atoms with Crippen LogP contribution in [0, 0.1) is 5.92 Å². The van der Waals surface area contributed by atoms with E-state index in [0.717, 1.165) is 25.3 Å². The zero-order valence-electron chi connectivity index (χ0n) is 12.5. The fourth-order valence-electron chi connectivity index (χ4n) is 3.17. The summed E-state index contributed by atoms with van der Waals surface area (Å²) in [5, 5.41) is 14.3. The van der Waals surface area contributed by atoms with Crippen LogP contribution >= 0.6 is 0 Å². The number of piperidine rings is 3. The Balaban J connectivity index is 1.57. The number of hydrogen-bond acceptors (Lipinski definition) is 5. The summed E-state index contributed by atoms with van der Waals surface area (Å²) in [5.74, 6) is 1.23. The average Bonchev–Trinajstić information content (AvgIpc) is 2.54. The number of amides is 1. The van der Waals surface area contributed by atoms with Crippen LogP contribution in [0.2, 0.25) is 0 Å². The zero-order valence-corrected chi connectivity index (χ0v) is 12.5. The third-order valence-electron chi connectivity index (χ3n) is 4.43. The van der Waals surface area contributed by atoms with Gasteiger partial charge in [-0.25, -0.2) is 0 Å². The smallest absolute Gasteiger partial charge is 0.272 e. The first kappa shape index (κ1) is 14.3. The van der Waals surface area contributed by atoms with Gasteiger partial charge in [0.05, 0.1) is 0 Å². The lowest BCUT2D eigenvalue weighted by Crippen LogP contribution is -2.57. The highest BCUT2D eigenvalue weighted by Crippen LogP contribution is 2.27. The molecular formula is C15H23N5O. The van der Waals surface area contributed by atoms with Crippen LogP contribution in [0.15, 0.2) is 12.1 Å². The Bertz CT molecular complexity index is 481. The molecule has 2 N–H and O–H groups in total. The van der Waals surface area contributed by atoms with Gasteiger partial charge in [-0.15, -0.1) is 10.2 Å². The van der Waals surface area contributed by atoms with Crippen LogP contribution in [0.5, 0.6) is 0 Å². The summed E-state index contributed by atoms with van der Waals surface area (Å²) in [4.78, 5) is 14.7. The summed E-state index contributed by atoms with van der Waals surface area (Å²) >= 11 is 0. The topological polar surface area (TPSA) is 70.2 Å². The van der Waals surface area contributed by atoms with Gasteiger partial charge in [-0.2, -0.15) is 0 Å². The molecule has 6 heteroatoms. The van der Waals surface area contributed by atoms with Crippen molar-refractivity contribution < 1.29 is 4.79 Å². The first-order chi connectivity index (χ1) is 10.3. The van der Waals surface area contributed by atoms with E-state index >= 15 is 0 Å². The zero-order chi connectivity index (χ0) is 14.7. The highest BCUT2D eigenvalue weighted by atomic mass is 16.2. The van der Waals surface area contributed by atoms with Gasteiger partial charge in [-0.3, -0.25) is 4.79 Å². The van der Waals surface area contributed by atoms with E-state index in [-0.39, 0.29) is 11.9 Å². The second-order valence-electron chi connectivity index (χ2n) is 5.95. The van der Waals surface area contributed by atoms with Crippen molar-refractivity contribution in [3.05, 3.63) is 17.8 Å². The first-order valence-corrected chi connectivity index (χ1v) is 7.87. The van der Waals surface area contributed by atoms with Crippen LogP contribution < -0.4 is 10.6 Å². The standard InChI is InChI=1S/C15H23N5O/c1-2-7-16-14-4-3-12(18-19-14)15(21)17-13-10-20-8-5-11(13)6-9-20/h3-4,11,13H,2,5-10H2,1H3,(H,16,19)(H,17,21). The normalized spacial score (nSPS) is 27.4. The summed E-state index contributed by atoms with van der Waals surface area (Å²) in [6.45, 7) is 6.28. The van der Waals surface area contributed by atoms with Gasteiger partial charge in [0.25, 0.3) is 5.91 Å². The van der Waals surface area contributed by atoms with Crippen molar-refractivity contribution >= 4 is 11.7 Å². The Kier molecular flexibility index (Phi) is 4.34. The fraction of sp³-hybridized carbons (Fsp3) is 0.667. The predicted molar refractivity (Wildman–Crippen MR) is 81.2 cm³/mol. The van der Waals surface area contributed by atoms with E-state index in [9.17, 15) is 4.79 Å². The second kappa shape index (κ2) is 6.39. The van der Waals surface area contributed by atoms with Crippen LogP contribution in [0.4, 0.5) is 5.82 Å². The number of hydrogen-bond donors (Lipinski definition) is 2. The number of fused-ring (bicyclic) bond motifs is 3. The molecule has 0 saturated carbocycles. The van der Waals surface area contributed by atoms with Gasteiger partial charge in [0, 0.05) is 19.1 Å². The van der Waals surface area contributed by atoms with Crippen molar-refractivity contribution in [1.29, 1.82) is 0 Å². The summed E-state index contributed by atoms with van der Waals surface area (Å²) in [5.41, 5.74) is 0.397. The van der Waals surface area contributed by atoms with Gasteiger partial charge < -0.3 is 15.5 Å². The van der Waals surface area contributed by atoms with Crippen molar-refractivity contribution in [3.63, 3.8) is 0 Å². The molecule has 1 amide bonds. The summed E-state index contributed by atoms with van der Waals surface area (Å²) in [7, 11) is 0. The van der Waals surface area contributed by atoms with Gasteiger partial charge in [0.1, 0.15) is 5.82 Å². The molecule has 0 aromatic carbocycles. The molecule has 0 aliphatic carbocycles. The Morgan fingerprint density at radius 3 is 2.71 bits per heavy atom. The number of carbonyl (C=O) groups excluding carboxylic acids is 1. The second-order valence-corrected chi connectivity index (χ2v) is 5.95. The molecule has 0 spiro atoms. The fourth-order valence-corrected chi connectivity index (χ4v) is 3.17. The molecule has 4 rings (SSSR count). The van der Waals surface area contributed by atoms with E-state index in [1.165, 1.54) is 25.9 Å². The minimum Gasteiger partial charge on any atom is -0.369 e. The summed E-state index contributed by atoms with van der Waals surface area (Å²) in [6.07, 6.45) is 3.41. The lowest BCUT2D eigenvalue weighted by molar-refractivity contribution is 0.0617. The van der Waals surface area contributed by atoms with Crippen LogP contribution in [-0.4, -0.2) is 53.2 Å². The molecular weight excluding hydrogens is 266 g/mol. The summed E-state index contributed by atoms with van der Waals surface area (Å²) < 4.78 is 0. The Morgan fingerprint density at radius 2 is 2.14 bits per heavy atom. The minimum atomic E-state index is -0.108. The molecule has 3 fully saturated rings. The number of carbonyl (C=O) groups is 1. The van der Waals surface area contributed by atoms with Crippen molar-refractivity contribution in [3.8, 4) is 0 Å². The molecule has 0 radical (unpaired) electrons. The molecule has 1 atom stereocenters. The number of anilines is 1. The first-order valence-electron chi connectivity index (χ1n) is 7.87. The SMILES string of the molecule is CCCNc1ccc(C(=O)NC2CN3CCC2CC3)nn1. The monoisotopic (exact) mass is 289 g/mol. The summed E-state index contributed by atoms with van der Waals surface area (Å²) in [6, 6.07) is 3.81. The maximum absolute atomic E-state index is 12.3. The molecule has 3 aliphatic heterocycles. The Hall–Kier alpha value is -1.69. The van der Waals surface area contributed by atoms with Crippen LogP contribution in [0.1, 0.15) is 36.7 Å². The molecule has 6 nitrogen and oxygen atoms in total. The van der Waals surface area contributed by atoms with Crippen LogP contribution in [0.3, 0.4) is 0 Å². The Morgan fingerprint density at radius 1 is 1.33 bits per heavy atom. The van der Waals surface area contributed by atoms with Gasteiger partial charge >= 0.3 is 0 Å². The third-order valence-corrected chi connectivity index (χ3v) is 4.43.